The number of benzene rings is 1. The molecule has 1 aromatic carbocycles. The lowest BCUT2D eigenvalue weighted by atomic mass is 9.81. The smallest absolute Gasteiger partial charge is 0.326 e. The first-order valence-corrected chi connectivity index (χ1v) is 11.7. The molecule has 164 valence electrons. The molecule has 2 bridgehead atoms. The summed E-state index contributed by atoms with van der Waals surface area (Å²) in [4.78, 5) is 62.5. The number of carbonyl (C=O) groups is 5. The number of carbonyl (C=O) groups excluding carboxylic acids is 5. The Labute approximate surface area is 195 Å². The number of rotatable bonds is 6. The molecule has 3 aliphatic rings. The number of halogens is 2. The van der Waals surface area contributed by atoms with Crippen LogP contribution in [0.15, 0.2) is 24.3 Å². The molecule has 2 saturated carbocycles. The Bertz CT molecular complexity index is 950. The van der Waals surface area contributed by atoms with Gasteiger partial charge in [-0.1, -0.05) is 44.0 Å². The molecule has 8 nitrogen and oxygen atoms in total. The molecule has 10 heteroatoms. The van der Waals surface area contributed by atoms with Gasteiger partial charge in [0, 0.05) is 20.9 Å². The van der Waals surface area contributed by atoms with Gasteiger partial charge in [-0.05, 0) is 37.3 Å². The number of amides is 3. The Kier molecular flexibility index (Phi) is 6.04. The molecule has 1 saturated heterocycles. The maximum Gasteiger partial charge on any atom is 0.326 e. The summed E-state index contributed by atoms with van der Waals surface area (Å²) >= 11 is 7.22. The van der Waals surface area contributed by atoms with Gasteiger partial charge in [-0.2, -0.15) is 0 Å². The van der Waals surface area contributed by atoms with Gasteiger partial charge in [-0.15, -0.1) is 0 Å². The van der Waals surface area contributed by atoms with Crippen molar-refractivity contribution in [3.05, 3.63) is 29.8 Å². The second-order valence-corrected chi connectivity index (χ2v) is 10.2. The standard InChI is InChI=1S/C21H20Br2N2O6/c1-9(26)10-3-2-4-11(5-10)24-14(27)8-31-15(28)7-25-20(29)16-12-6-13(17(16)21(25)30)19(23)18(12)22/h2-5,12-13,16-19H,6-8H2,1H3,(H,24,27)/t12-,13-,16-,17-,18+,19+/m1/s1. The van der Waals surface area contributed by atoms with Crippen LogP contribution in [-0.4, -0.2) is 57.2 Å². The number of nitrogens with one attached hydrogen (secondary N) is 1. The van der Waals surface area contributed by atoms with E-state index < -0.39 is 36.9 Å². The number of esters is 1. The molecule has 1 aromatic rings. The highest BCUT2D eigenvalue weighted by Gasteiger charge is 2.66. The summed E-state index contributed by atoms with van der Waals surface area (Å²) in [6.07, 6.45) is 0.807. The van der Waals surface area contributed by atoms with Gasteiger partial charge in [0.05, 0.1) is 11.8 Å². The Morgan fingerprint density at radius 2 is 1.71 bits per heavy atom. The normalized spacial score (nSPS) is 31.0. The van der Waals surface area contributed by atoms with Gasteiger partial charge >= 0.3 is 5.97 Å². The summed E-state index contributed by atoms with van der Waals surface area (Å²) in [5.41, 5.74) is 0.840. The minimum Gasteiger partial charge on any atom is -0.454 e. The van der Waals surface area contributed by atoms with Gasteiger partial charge < -0.3 is 10.1 Å². The maximum atomic E-state index is 12.8. The fraction of sp³-hybridized carbons (Fsp3) is 0.476. The van der Waals surface area contributed by atoms with Crippen LogP contribution in [0.25, 0.3) is 0 Å². The summed E-state index contributed by atoms with van der Waals surface area (Å²) in [6.45, 7) is 0.348. The van der Waals surface area contributed by atoms with E-state index in [2.05, 4.69) is 37.2 Å². The highest BCUT2D eigenvalue weighted by molar-refractivity contribution is 9.12. The number of hydrogen-bond donors (Lipinski definition) is 1. The molecule has 4 rings (SSSR count). The van der Waals surface area contributed by atoms with E-state index in [9.17, 15) is 24.0 Å². The molecule has 1 heterocycles. The van der Waals surface area contributed by atoms with Crippen molar-refractivity contribution in [2.24, 2.45) is 23.7 Å². The van der Waals surface area contributed by atoms with Crippen molar-refractivity contribution in [1.29, 1.82) is 0 Å². The van der Waals surface area contributed by atoms with E-state index in [1.807, 2.05) is 0 Å². The van der Waals surface area contributed by atoms with Crippen molar-refractivity contribution in [2.75, 3.05) is 18.5 Å². The first-order valence-electron chi connectivity index (χ1n) is 9.89. The zero-order chi connectivity index (χ0) is 22.4. The molecule has 1 aliphatic heterocycles. The van der Waals surface area contributed by atoms with Crippen LogP contribution in [-0.2, 0) is 23.9 Å². The molecule has 2 aliphatic carbocycles. The van der Waals surface area contributed by atoms with Crippen LogP contribution in [0.2, 0.25) is 0 Å². The molecule has 6 atom stereocenters. The predicted octanol–water partition coefficient (Wildman–Crippen LogP) is 2.15. The second-order valence-electron chi connectivity index (χ2n) is 8.11. The summed E-state index contributed by atoms with van der Waals surface area (Å²) < 4.78 is 4.96. The summed E-state index contributed by atoms with van der Waals surface area (Å²) in [6, 6.07) is 6.38. The third-order valence-electron chi connectivity index (χ3n) is 6.28. The summed E-state index contributed by atoms with van der Waals surface area (Å²) in [7, 11) is 0. The van der Waals surface area contributed by atoms with E-state index in [-0.39, 0.29) is 39.1 Å². The molecule has 0 radical (unpaired) electrons. The van der Waals surface area contributed by atoms with Crippen molar-refractivity contribution in [1.82, 2.24) is 4.90 Å². The van der Waals surface area contributed by atoms with Gasteiger partial charge in [-0.25, -0.2) is 0 Å². The van der Waals surface area contributed by atoms with Crippen LogP contribution in [0.1, 0.15) is 23.7 Å². The summed E-state index contributed by atoms with van der Waals surface area (Å²) in [5, 5.41) is 2.54. The minimum absolute atomic E-state index is 0.0633. The number of nitrogens with zero attached hydrogens (tertiary/aromatic N) is 1. The third-order valence-corrected chi connectivity index (χ3v) is 9.49. The maximum absolute atomic E-state index is 12.8. The lowest BCUT2D eigenvalue weighted by Crippen LogP contribution is -2.38. The van der Waals surface area contributed by atoms with Gasteiger partial charge in [-0.3, -0.25) is 28.9 Å². The van der Waals surface area contributed by atoms with Crippen LogP contribution in [0, 0.1) is 23.7 Å². The number of Topliss-reactive ketones (excluding diaryl/α,β-unsaturated/α-hetero) is 1. The number of alkyl halides is 2. The number of ketones is 1. The van der Waals surface area contributed by atoms with Crippen molar-refractivity contribution >= 4 is 67.0 Å². The highest BCUT2D eigenvalue weighted by atomic mass is 79.9. The van der Waals surface area contributed by atoms with E-state index in [1.165, 1.54) is 13.0 Å². The molecule has 31 heavy (non-hydrogen) atoms. The molecule has 3 amide bonds. The molecule has 3 fully saturated rings. The van der Waals surface area contributed by atoms with Gasteiger partial charge in [0.2, 0.25) is 11.8 Å². The molecular weight excluding hydrogens is 536 g/mol. The van der Waals surface area contributed by atoms with Crippen LogP contribution >= 0.6 is 31.9 Å². The lowest BCUT2D eigenvalue weighted by Gasteiger charge is -2.28. The topological polar surface area (TPSA) is 110 Å². The molecular formula is C21H20Br2N2O6. The van der Waals surface area contributed by atoms with Crippen molar-refractivity contribution in [3.8, 4) is 0 Å². The zero-order valence-corrected chi connectivity index (χ0v) is 19.7. The second kappa shape index (κ2) is 8.46. The van der Waals surface area contributed by atoms with E-state index >= 15 is 0 Å². The van der Waals surface area contributed by atoms with Crippen LogP contribution in [0.5, 0.6) is 0 Å². The fourth-order valence-corrected chi connectivity index (χ4v) is 6.77. The Balaban J connectivity index is 1.31. The molecule has 0 spiro atoms. The Morgan fingerprint density at radius 1 is 1.10 bits per heavy atom. The molecule has 0 aromatic heterocycles. The average molecular weight is 556 g/mol. The summed E-state index contributed by atoms with van der Waals surface area (Å²) in [5.74, 6) is -2.91. The zero-order valence-electron chi connectivity index (χ0n) is 16.5. The average Bonchev–Trinajstić information content (AvgIpc) is 3.33. The van der Waals surface area contributed by atoms with E-state index in [4.69, 9.17) is 4.74 Å². The van der Waals surface area contributed by atoms with Crippen molar-refractivity contribution < 1.29 is 28.7 Å². The first-order chi connectivity index (χ1) is 14.7. The van der Waals surface area contributed by atoms with Gasteiger partial charge in [0.25, 0.3) is 5.91 Å². The molecule has 0 unspecified atom stereocenters. The van der Waals surface area contributed by atoms with E-state index in [0.29, 0.717) is 11.3 Å². The fourth-order valence-electron chi connectivity index (χ4n) is 4.90. The number of likely N-dealkylation sites (tertiary alicyclic amines) is 1. The highest BCUT2D eigenvalue weighted by Crippen LogP contribution is 2.60. The number of ether oxygens (including phenoxy) is 1. The van der Waals surface area contributed by atoms with Crippen molar-refractivity contribution in [2.45, 2.75) is 23.0 Å². The van der Waals surface area contributed by atoms with Gasteiger partial charge in [0.1, 0.15) is 6.54 Å². The number of hydrogen-bond acceptors (Lipinski definition) is 6. The third kappa shape index (κ3) is 3.95. The van der Waals surface area contributed by atoms with Crippen LogP contribution < -0.4 is 5.32 Å². The SMILES string of the molecule is CC(=O)c1cccc(NC(=O)COC(=O)CN2C(=O)[C@@H]3[C@H]4C[C@@H]([C@H](Br)[C@H]4Br)[C@H]3C2=O)c1. The largest absolute Gasteiger partial charge is 0.454 e. The number of anilines is 1. The van der Waals surface area contributed by atoms with Crippen molar-refractivity contribution in [3.63, 3.8) is 0 Å². The quantitative estimate of drug-likeness (QED) is 0.249. The number of fused-ring (bicyclic) bond motifs is 5. The molecule has 1 N–H and O–H groups in total. The van der Waals surface area contributed by atoms with E-state index in [1.54, 1.807) is 18.2 Å². The minimum atomic E-state index is -0.826. The predicted molar refractivity (Wildman–Crippen MR) is 117 cm³/mol. The first kappa shape index (κ1) is 22.1. The lowest BCUT2D eigenvalue weighted by molar-refractivity contribution is -0.154. The Morgan fingerprint density at radius 3 is 2.29 bits per heavy atom. The number of imide groups is 1. The van der Waals surface area contributed by atoms with Gasteiger partial charge in [0.15, 0.2) is 12.4 Å². The monoisotopic (exact) mass is 554 g/mol. The van der Waals surface area contributed by atoms with E-state index in [0.717, 1.165) is 11.3 Å². The Hall–Kier alpha value is -2.07. The van der Waals surface area contributed by atoms with Crippen LogP contribution in [0.3, 0.4) is 0 Å². The van der Waals surface area contributed by atoms with Crippen LogP contribution in [0.4, 0.5) is 5.69 Å².